The molecule has 0 aromatic rings. The Balaban J connectivity index is 2.63. The number of nitrogens with one attached hydrogen (secondary N) is 1. The Morgan fingerprint density at radius 3 is 2.17 bits per heavy atom. The van der Waals surface area contributed by atoms with Crippen molar-refractivity contribution in [2.24, 2.45) is 5.92 Å². The first-order valence-electron chi connectivity index (χ1n) is 2.11. The lowest BCUT2D eigenvalue weighted by molar-refractivity contribution is 0.636. The summed E-state index contributed by atoms with van der Waals surface area (Å²) in [6.07, 6.45) is 0. The average molecular weight is 108 g/mol. The van der Waals surface area contributed by atoms with Crippen LogP contribution < -0.4 is 4.84 Å². The van der Waals surface area contributed by atoms with Crippen molar-refractivity contribution in [1.29, 1.82) is 0 Å². The molecule has 0 rings (SSSR count). The number of rotatable bonds is 2. The molecule has 6 heavy (non-hydrogen) atoms. The SMILES string of the molecule is CC(C)CNCl. The van der Waals surface area contributed by atoms with Crippen molar-refractivity contribution in [2.45, 2.75) is 13.8 Å². The third kappa shape index (κ3) is 4.25. The topological polar surface area (TPSA) is 12.0 Å². The first-order chi connectivity index (χ1) is 2.77. The standard InChI is InChI=1S/C4H10ClN/c1-4(2)3-6-5/h4,6H,3H2,1-2H3. The summed E-state index contributed by atoms with van der Waals surface area (Å²) in [6, 6.07) is 0. The fourth-order valence-electron chi connectivity index (χ4n) is 0.154. The van der Waals surface area contributed by atoms with Crippen LogP contribution in [-0.4, -0.2) is 6.54 Å². The summed E-state index contributed by atoms with van der Waals surface area (Å²) < 4.78 is 0. The first-order valence-corrected chi connectivity index (χ1v) is 2.48. The van der Waals surface area contributed by atoms with Gasteiger partial charge in [-0.15, -0.1) is 0 Å². The molecule has 0 aliphatic rings. The summed E-state index contributed by atoms with van der Waals surface area (Å²) in [5.41, 5.74) is 0. The quantitative estimate of drug-likeness (QED) is 0.526. The van der Waals surface area contributed by atoms with Crippen LogP contribution in [0, 0.1) is 5.92 Å². The van der Waals surface area contributed by atoms with Crippen LogP contribution in [-0.2, 0) is 0 Å². The van der Waals surface area contributed by atoms with Gasteiger partial charge in [-0.25, -0.2) is 4.84 Å². The summed E-state index contributed by atoms with van der Waals surface area (Å²) in [5.74, 6) is 0.655. The molecule has 38 valence electrons. The molecule has 0 saturated heterocycles. The van der Waals surface area contributed by atoms with Crippen LogP contribution in [0.4, 0.5) is 0 Å². The molecule has 0 bridgehead atoms. The molecule has 1 N–H and O–H groups in total. The van der Waals surface area contributed by atoms with E-state index < -0.39 is 0 Å². The molecule has 0 aliphatic heterocycles. The van der Waals surface area contributed by atoms with Crippen LogP contribution in [0.3, 0.4) is 0 Å². The summed E-state index contributed by atoms with van der Waals surface area (Å²) >= 11 is 5.15. The van der Waals surface area contributed by atoms with Crippen molar-refractivity contribution in [1.82, 2.24) is 4.84 Å². The number of hydrogen-bond donors (Lipinski definition) is 1. The molecule has 0 aromatic heterocycles. The average Bonchev–Trinajstić information content (AvgIpc) is 1.35. The van der Waals surface area contributed by atoms with Gasteiger partial charge in [0, 0.05) is 6.54 Å². The fraction of sp³-hybridized carbons (Fsp3) is 1.00. The normalized spacial score (nSPS) is 10.0. The molecule has 0 spiro atoms. The molecular formula is C4H10ClN. The van der Waals surface area contributed by atoms with E-state index in [4.69, 9.17) is 11.8 Å². The maximum atomic E-state index is 5.15. The van der Waals surface area contributed by atoms with Gasteiger partial charge in [-0.3, -0.25) is 0 Å². The van der Waals surface area contributed by atoms with Crippen molar-refractivity contribution in [2.75, 3.05) is 6.54 Å². The molecule has 0 fully saturated rings. The van der Waals surface area contributed by atoms with Crippen molar-refractivity contribution in [3.63, 3.8) is 0 Å². The van der Waals surface area contributed by atoms with Gasteiger partial charge in [-0.05, 0) is 17.7 Å². The minimum absolute atomic E-state index is 0.655. The van der Waals surface area contributed by atoms with Crippen molar-refractivity contribution in [3.8, 4) is 0 Å². The minimum atomic E-state index is 0.655. The van der Waals surface area contributed by atoms with Gasteiger partial charge in [0.2, 0.25) is 0 Å². The smallest absolute Gasteiger partial charge is 0.0131 e. The lowest BCUT2D eigenvalue weighted by atomic mass is 10.2. The molecule has 0 aromatic carbocycles. The van der Waals surface area contributed by atoms with Gasteiger partial charge in [0.25, 0.3) is 0 Å². The maximum Gasteiger partial charge on any atom is 0.0131 e. The zero-order chi connectivity index (χ0) is 4.99. The zero-order valence-electron chi connectivity index (χ0n) is 4.16. The zero-order valence-corrected chi connectivity index (χ0v) is 4.92. The van der Waals surface area contributed by atoms with E-state index in [-0.39, 0.29) is 0 Å². The van der Waals surface area contributed by atoms with Crippen LogP contribution in [0.1, 0.15) is 13.8 Å². The van der Waals surface area contributed by atoms with Crippen molar-refractivity contribution in [3.05, 3.63) is 0 Å². The monoisotopic (exact) mass is 107 g/mol. The highest BCUT2D eigenvalue weighted by molar-refractivity contribution is 6.13. The molecule has 0 heterocycles. The second kappa shape index (κ2) is 3.44. The molecule has 0 saturated carbocycles. The van der Waals surface area contributed by atoms with Gasteiger partial charge >= 0.3 is 0 Å². The number of hydrogen-bond acceptors (Lipinski definition) is 1. The molecule has 1 nitrogen and oxygen atoms in total. The highest BCUT2D eigenvalue weighted by Gasteiger charge is 1.85. The van der Waals surface area contributed by atoms with Crippen LogP contribution >= 0.6 is 11.8 Å². The molecule has 0 atom stereocenters. The van der Waals surface area contributed by atoms with E-state index in [9.17, 15) is 0 Å². The van der Waals surface area contributed by atoms with E-state index >= 15 is 0 Å². The van der Waals surface area contributed by atoms with Gasteiger partial charge in [-0.2, -0.15) is 0 Å². The predicted molar refractivity (Wildman–Crippen MR) is 28.7 cm³/mol. The van der Waals surface area contributed by atoms with Crippen molar-refractivity contribution < 1.29 is 0 Å². The van der Waals surface area contributed by atoms with Crippen LogP contribution in [0.5, 0.6) is 0 Å². The Morgan fingerprint density at radius 2 is 2.17 bits per heavy atom. The maximum absolute atomic E-state index is 5.15. The van der Waals surface area contributed by atoms with Crippen LogP contribution in [0.15, 0.2) is 0 Å². The van der Waals surface area contributed by atoms with E-state index in [2.05, 4.69) is 18.7 Å². The molecule has 0 unspecified atom stereocenters. The second-order valence-corrected chi connectivity index (χ2v) is 2.00. The summed E-state index contributed by atoms with van der Waals surface area (Å²) in [6.45, 7) is 5.10. The minimum Gasteiger partial charge on any atom is -0.233 e. The molecular weight excluding hydrogens is 97.5 g/mol. The van der Waals surface area contributed by atoms with Gasteiger partial charge in [-0.1, -0.05) is 13.8 Å². The molecule has 0 radical (unpaired) electrons. The van der Waals surface area contributed by atoms with Crippen LogP contribution in [0.2, 0.25) is 0 Å². The Bertz CT molecular complexity index is 28.7. The summed E-state index contributed by atoms with van der Waals surface area (Å²) in [5, 5.41) is 0. The third-order valence-corrected chi connectivity index (χ3v) is 0.640. The highest BCUT2D eigenvalue weighted by atomic mass is 35.5. The van der Waals surface area contributed by atoms with Gasteiger partial charge in [0.1, 0.15) is 0 Å². The largest absolute Gasteiger partial charge is 0.233 e. The van der Waals surface area contributed by atoms with Crippen molar-refractivity contribution >= 4 is 11.8 Å². The lowest BCUT2D eigenvalue weighted by Gasteiger charge is -1.96. The fourth-order valence-corrected chi connectivity index (χ4v) is 0.463. The predicted octanol–water partition coefficient (Wildman–Crippen LogP) is 1.39. The summed E-state index contributed by atoms with van der Waals surface area (Å²) in [4.78, 5) is 2.54. The van der Waals surface area contributed by atoms with E-state index in [1.807, 2.05) is 0 Å². The van der Waals surface area contributed by atoms with Crippen LogP contribution in [0.25, 0.3) is 0 Å². The highest BCUT2D eigenvalue weighted by Crippen LogP contribution is 1.85. The summed E-state index contributed by atoms with van der Waals surface area (Å²) in [7, 11) is 0. The van der Waals surface area contributed by atoms with Gasteiger partial charge in [0.05, 0.1) is 0 Å². The molecule has 2 heteroatoms. The third-order valence-electron chi connectivity index (χ3n) is 0.485. The van der Waals surface area contributed by atoms with Gasteiger partial charge in [0.15, 0.2) is 0 Å². The molecule has 0 aliphatic carbocycles. The van der Waals surface area contributed by atoms with E-state index in [0.717, 1.165) is 6.54 Å². The van der Waals surface area contributed by atoms with E-state index in [1.165, 1.54) is 0 Å². The molecule has 0 amide bonds. The Labute approximate surface area is 43.8 Å². The lowest BCUT2D eigenvalue weighted by Crippen LogP contribution is -2.07. The Hall–Kier alpha value is 0.250. The Kier molecular flexibility index (Phi) is 3.58. The number of halogens is 1. The van der Waals surface area contributed by atoms with E-state index in [1.54, 1.807) is 0 Å². The van der Waals surface area contributed by atoms with Gasteiger partial charge < -0.3 is 0 Å². The van der Waals surface area contributed by atoms with E-state index in [0.29, 0.717) is 5.92 Å². The first kappa shape index (κ1) is 6.25. The second-order valence-electron chi connectivity index (χ2n) is 1.73. The Morgan fingerprint density at radius 1 is 1.67 bits per heavy atom.